The number of ether oxygens (including phenoxy) is 1. The van der Waals surface area contributed by atoms with Crippen LogP contribution in [0.5, 0.6) is 0 Å². The van der Waals surface area contributed by atoms with E-state index in [2.05, 4.69) is 20.8 Å². The number of piperidine rings is 1. The predicted octanol–water partition coefficient (Wildman–Crippen LogP) is 2.20. The van der Waals surface area contributed by atoms with Crippen LogP contribution < -0.4 is 5.73 Å². The molecule has 0 bridgehead atoms. The highest BCUT2D eigenvalue weighted by Crippen LogP contribution is 2.34. The number of amides is 1. The summed E-state index contributed by atoms with van der Waals surface area (Å²) in [5.74, 6) is 0.904. The van der Waals surface area contributed by atoms with Gasteiger partial charge in [0, 0.05) is 19.6 Å². The second kappa shape index (κ2) is 7.10. The fourth-order valence-electron chi connectivity index (χ4n) is 3.23. The van der Waals surface area contributed by atoms with Crippen LogP contribution in [0.1, 0.15) is 46.5 Å². The summed E-state index contributed by atoms with van der Waals surface area (Å²) in [6.07, 6.45) is 3.83. The monoisotopic (exact) mass is 304 g/mol. The lowest BCUT2D eigenvalue weighted by molar-refractivity contribution is -0.144. The first-order valence-electron chi connectivity index (χ1n) is 7.56. The number of halogens is 1. The molecule has 0 unspecified atom stereocenters. The quantitative estimate of drug-likeness (QED) is 0.851. The van der Waals surface area contributed by atoms with Gasteiger partial charge in [-0.2, -0.15) is 0 Å². The number of carbonyl (C=O) groups excluding carboxylic acids is 1. The van der Waals surface area contributed by atoms with Crippen molar-refractivity contribution in [3.05, 3.63) is 0 Å². The van der Waals surface area contributed by atoms with E-state index in [9.17, 15) is 4.79 Å². The van der Waals surface area contributed by atoms with Crippen molar-refractivity contribution >= 4 is 18.3 Å². The Balaban J connectivity index is 0.00000200. The maximum absolute atomic E-state index is 12.4. The number of hydrogen-bond acceptors (Lipinski definition) is 3. The van der Waals surface area contributed by atoms with Crippen LogP contribution in [0, 0.1) is 11.3 Å². The summed E-state index contributed by atoms with van der Waals surface area (Å²) in [5.41, 5.74) is 5.94. The minimum atomic E-state index is -0.236. The Bertz CT molecular complexity index is 322. The molecule has 0 radical (unpaired) electrons. The SMILES string of the molecule is CC(C)(C)C1CCN(C(=O)[C@@H]2CC[C@H](CN)O2)CC1.Cl. The fraction of sp³-hybridized carbons (Fsp3) is 0.933. The zero-order valence-electron chi connectivity index (χ0n) is 12.9. The average molecular weight is 305 g/mol. The van der Waals surface area contributed by atoms with Crippen LogP contribution in [0.15, 0.2) is 0 Å². The van der Waals surface area contributed by atoms with Gasteiger partial charge in [0.25, 0.3) is 5.91 Å². The van der Waals surface area contributed by atoms with Crippen molar-refractivity contribution in [2.24, 2.45) is 17.1 Å². The third-order valence-corrected chi connectivity index (χ3v) is 4.68. The Morgan fingerprint density at radius 2 is 1.80 bits per heavy atom. The Hall–Kier alpha value is -0.320. The summed E-state index contributed by atoms with van der Waals surface area (Å²) in [6.45, 7) is 9.17. The van der Waals surface area contributed by atoms with E-state index in [1.165, 1.54) is 0 Å². The molecule has 2 atom stereocenters. The molecule has 0 aromatic rings. The van der Waals surface area contributed by atoms with Gasteiger partial charge in [0.2, 0.25) is 0 Å². The third-order valence-electron chi connectivity index (χ3n) is 4.68. The lowest BCUT2D eigenvalue weighted by Crippen LogP contribution is -2.45. The van der Waals surface area contributed by atoms with E-state index in [-0.39, 0.29) is 30.5 Å². The Morgan fingerprint density at radius 3 is 2.25 bits per heavy atom. The van der Waals surface area contributed by atoms with E-state index >= 15 is 0 Å². The molecule has 118 valence electrons. The molecule has 2 fully saturated rings. The van der Waals surface area contributed by atoms with Gasteiger partial charge in [-0.05, 0) is 37.0 Å². The molecule has 2 N–H and O–H groups in total. The van der Waals surface area contributed by atoms with Gasteiger partial charge in [-0.15, -0.1) is 12.4 Å². The molecule has 0 saturated carbocycles. The average Bonchev–Trinajstić information content (AvgIpc) is 2.86. The molecule has 0 aliphatic carbocycles. The van der Waals surface area contributed by atoms with Crippen molar-refractivity contribution in [1.29, 1.82) is 0 Å². The fourth-order valence-corrected chi connectivity index (χ4v) is 3.23. The van der Waals surface area contributed by atoms with Gasteiger partial charge < -0.3 is 15.4 Å². The van der Waals surface area contributed by atoms with Crippen LogP contribution in [-0.2, 0) is 9.53 Å². The molecule has 2 heterocycles. The van der Waals surface area contributed by atoms with Gasteiger partial charge >= 0.3 is 0 Å². The number of nitrogens with two attached hydrogens (primary N) is 1. The summed E-state index contributed by atoms with van der Waals surface area (Å²) in [6, 6.07) is 0. The normalized spacial score (nSPS) is 28.3. The van der Waals surface area contributed by atoms with Crippen LogP contribution in [0.4, 0.5) is 0 Å². The first kappa shape index (κ1) is 17.7. The number of nitrogens with zero attached hydrogens (tertiary/aromatic N) is 1. The van der Waals surface area contributed by atoms with Gasteiger partial charge in [-0.1, -0.05) is 20.8 Å². The first-order valence-corrected chi connectivity index (χ1v) is 7.56. The molecule has 4 nitrogen and oxygen atoms in total. The zero-order chi connectivity index (χ0) is 14.0. The minimum absolute atomic E-state index is 0. The van der Waals surface area contributed by atoms with Crippen LogP contribution >= 0.6 is 12.4 Å². The summed E-state index contributed by atoms with van der Waals surface area (Å²) in [4.78, 5) is 14.4. The second-order valence-corrected chi connectivity index (χ2v) is 7.03. The van der Waals surface area contributed by atoms with Crippen molar-refractivity contribution < 1.29 is 9.53 Å². The molecule has 2 saturated heterocycles. The van der Waals surface area contributed by atoms with Gasteiger partial charge in [0.15, 0.2) is 0 Å². The van der Waals surface area contributed by atoms with Gasteiger partial charge in [0.1, 0.15) is 6.10 Å². The Kier molecular flexibility index (Phi) is 6.29. The first-order chi connectivity index (χ1) is 8.91. The third kappa shape index (κ3) is 4.09. The molecular formula is C15H29ClN2O2. The molecule has 0 spiro atoms. The van der Waals surface area contributed by atoms with Gasteiger partial charge in [-0.3, -0.25) is 4.79 Å². The maximum atomic E-state index is 12.4. The van der Waals surface area contributed by atoms with E-state index < -0.39 is 0 Å². The standard InChI is InChI=1S/C15H28N2O2.ClH/c1-15(2,3)11-6-8-17(9-7-11)14(18)13-5-4-12(10-16)19-13;/h11-13H,4-10,16H2,1-3H3;1H/t12-,13+;/m1./s1. The highest BCUT2D eigenvalue weighted by atomic mass is 35.5. The molecular weight excluding hydrogens is 276 g/mol. The molecule has 2 rings (SSSR count). The summed E-state index contributed by atoms with van der Waals surface area (Å²) in [7, 11) is 0. The number of hydrogen-bond donors (Lipinski definition) is 1. The number of carbonyl (C=O) groups is 1. The minimum Gasteiger partial charge on any atom is -0.364 e. The molecule has 20 heavy (non-hydrogen) atoms. The van der Waals surface area contributed by atoms with Crippen molar-refractivity contribution in [2.75, 3.05) is 19.6 Å². The van der Waals surface area contributed by atoms with E-state index in [1.54, 1.807) is 0 Å². The summed E-state index contributed by atoms with van der Waals surface area (Å²) < 4.78 is 5.70. The van der Waals surface area contributed by atoms with Crippen LogP contribution in [-0.4, -0.2) is 42.6 Å². The molecule has 5 heteroatoms. The van der Waals surface area contributed by atoms with Crippen molar-refractivity contribution in [2.45, 2.75) is 58.7 Å². The predicted molar refractivity (Wildman–Crippen MR) is 83.0 cm³/mol. The largest absolute Gasteiger partial charge is 0.364 e. The summed E-state index contributed by atoms with van der Waals surface area (Å²) in [5, 5.41) is 0. The molecule has 0 aromatic carbocycles. The lowest BCUT2D eigenvalue weighted by atomic mass is 9.75. The van der Waals surface area contributed by atoms with Gasteiger partial charge in [-0.25, -0.2) is 0 Å². The molecule has 1 amide bonds. The van der Waals surface area contributed by atoms with Crippen molar-refractivity contribution in [1.82, 2.24) is 4.90 Å². The highest BCUT2D eigenvalue weighted by molar-refractivity contribution is 5.85. The zero-order valence-corrected chi connectivity index (χ0v) is 13.7. The number of rotatable bonds is 2. The Morgan fingerprint density at radius 1 is 1.20 bits per heavy atom. The molecule has 2 aliphatic heterocycles. The van der Waals surface area contributed by atoms with Crippen molar-refractivity contribution in [3.8, 4) is 0 Å². The lowest BCUT2D eigenvalue weighted by Gasteiger charge is -2.39. The topological polar surface area (TPSA) is 55.6 Å². The van der Waals surface area contributed by atoms with Crippen LogP contribution in [0.2, 0.25) is 0 Å². The van der Waals surface area contributed by atoms with Crippen LogP contribution in [0.3, 0.4) is 0 Å². The van der Waals surface area contributed by atoms with E-state index in [4.69, 9.17) is 10.5 Å². The Labute approximate surface area is 128 Å². The highest BCUT2D eigenvalue weighted by Gasteiger charge is 2.36. The van der Waals surface area contributed by atoms with E-state index in [0.29, 0.717) is 12.0 Å². The maximum Gasteiger partial charge on any atom is 0.251 e. The molecule has 0 aromatic heterocycles. The van der Waals surface area contributed by atoms with Crippen molar-refractivity contribution in [3.63, 3.8) is 0 Å². The van der Waals surface area contributed by atoms with Gasteiger partial charge in [0.05, 0.1) is 6.10 Å². The second-order valence-electron chi connectivity index (χ2n) is 7.03. The summed E-state index contributed by atoms with van der Waals surface area (Å²) >= 11 is 0. The van der Waals surface area contributed by atoms with E-state index in [0.717, 1.165) is 44.7 Å². The number of likely N-dealkylation sites (tertiary alicyclic amines) is 1. The molecule has 2 aliphatic rings. The smallest absolute Gasteiger partial charge is 0.251 e. The van der Waals surface area contributed by atoms with E-state index in [1.807, 2.05) is 4.90 Å². The van der Waals surface area contributed by atoms with Crippen LogP contribution in [0.25, 0.3) is 0 Å².